The number of carbonyl (C=O) groups excluding carboxylic acids is 2. The van der Waals surface area contributed by atoms with E-state index in [0.717, 1.165) is 21.3 Å². The molecule has 1 fully saturated rings. The van der Waals surface area contributed by atoms with Crippen molar-refractivity contribution >= 4 is 55.6 Å². The molecule has 0 bridgehead atoms. The minimum atomic E-state index is -3.70. The molecule has 9 nitrogen and oxygen atoms in total. The second-order valence-corrected chi connectivity index (χ2v) is 14.3. The van der Waals surface area contributed by atoms with Gasteiger partial charge in [-0.1, -0.05) is 23.7 Å². The van der Waals surface area contributed by atoms with Gasteiger partial charge in [0.1, 0.15) is 5.60 Å². The Hall–Kier alpha value is -2.57. The van der Waals surface area contributed by atoms with Crippen LogP contribution in [0.1, 0.15) is 47.6 Å². The lowest BCUT2D eigenvalue weighted by molar-refractivity contribution is -0.155. The lowest BCUT2D eigenvalue weighted by atomic mass is 10.0. The van der Waals surface area contributed by atoms with Crippen LogP contribution >= 0.6 is 22.9 Å². The first-order chi connectivity index (χ1) is 18.4. The Labute approximate surface area is 237 Å². The summed E-state index contributed by atoms with van der Waals surface area (Å²) >= 11 is 7.40. The van der Waals surface area contributed by atoms with Crippen molar-refractivity contribution in [3.8, 4) is 0 Å². The van der Waals surface area contributed by atoms with E-state index in [2.05, 4.69) is 10.3 Å². The van der Waals surface area contributed by atoms with E-state index in [-0.39, 0.29) is 55.4 Å². The molecule has 2 aliphatic heterocycles. The molecule has 1 N–H and O–H groups in total. The number of esters is 1. The number of ether oxygens (including phenoxy) is 1. The molecule has 1 amide bonds. The van der Waals surface area contributed by atoms with Gasteiger partial charge >= 0.3 is 5.97 Å². The van der Waals surface area contributed by atoms with Crippen molar-refractivity contribution in [3.05, 3.63) is 57.0 Å². The SMILES string of the molecule is CC(C)(C)OC(=O)CC1Cc2nc(C(=O)N3CCN(S(=O)(=O)c4ccc5cc(Cl)ccc5c4)CC3)sc2CN1. The van der Waals surface area contributed by atoms with Gasteiger partial charge in [0.15, 0.2) is 5.01 Å². The van der Waals surface area contributed by atoms with Gasteiger partial charge in [0, 0.05) is 55.1 Å². The van der Waals surface area contributed by atoms with Crippen LogP contribution < -0.4 is 5.32 Å². The summed E-state index contributed by atoms with van der Waals surface area (Å²) in [5, 5.41) is 5.99. The summed E-state index contributed by atoms with van der Waals surface area (Å²) in [6.45, 7) is 7.03. The van der Waals surface area contributed by atoms with Crippen molar-refractivity contribution in [3.63, 3.8) is 0 Å². The Balaban J connectivity index is 1.20. The van der Waals surface area contributed by atoms with Gasteiger partial charge in [-0.2, -0.15) is 4.31 Å². The Morgan fingerprint density at radius 2 is 1.79 bits per heavy atom. The smallest absolute Gasteiger partial charge is 0.307 e. The van der Waals surface area contributed by atoms with Gasteiger partial charge in [0.25, 0.3) is 5.91 Å². The van der Waals surface area contributed by atoms with E-state index in [4.69, 9.17) is 16.3 Å². The van der Waals surface area contributed by atoms with Crippen LogP contribution in [0.4, 0.5) is 0 Å². The second-order valence-electron chi connectivity index (χ2n) is 10.8. The summed E-state index contributed by atoms with van der Waals surface area (Å²) in [4.78, 5) is 32.9. The highest BCUT2D eigenvalue weighted by molar-refractivity contribution is 7.89. The minimum absolute atomic E-state index is 0.0988. The van der Waals surface area contributed by atoms with Gasteiger partial charge in [-0.3, -0.25) is 9.59 Å². The van der Waals surface area contributed by atoms with Gasteiger partial charge in [-0.15, -0.1) is 11.3 Å². The molecule has 2 aliphatic rings. The Kier molecular flexibility index (Phi) is 7.73. The largest absolute Gasteiger partial charge is 0.460 e. The number of nitrogens with one attached hydrogen (secondary N) is 1. The van der Waals surface area contributed by atoms with Crippen LogP contribution in [0.15, 0.2) is 41.3 Å². The van der Waals surface area contributed by atoms with E-state index in [1.54, 1.807) is 41.3 Å². The number of sulfonamides is 1. The molecule has 0 radical (unpaired) electrons. The van der Waals surface area contributed by atoms with Gasteiger partial charge in [-0.25, -0.2) is 13.4 Å². The number of fused-ring (bicyclic) bond motifs is 2. The van der Waals surface area contributed by atoms with Crippen LogP contribution in [-0.4, -0.2) is 72.3 Å². The van der Waals surface area contributed by atoms with Crippen LogP contribution in [0.5, 0.6) is 0 Å². The highest BCUT2D eigenvalue weighted by Crippen LogP contribution is 2.28. The average Bonchev–Trinajstić information content (AvgIpc) is 3.30. The van der Waals surface area contributed by atoms with E-state index in [1.807, 2.05) is 20.8 Å². The molecule has 3 heterocycles. The fraction of sp³-hybridized carbons (Fsp3) is 0.444. The van der Waals surface area contributed by atoms with Crippen molar-refractivity contribution < 1.29 is 22.7 Å². The summed E-state index contributed by atoms with van der Waals surface area (Å²) < 4.78 is 33.5. The maximum absolute atomic E-state index is 13.3. The third-order valence-corrected chi connectivity index (χ3v) is 9.94. The first kappa shape index (κ1) is 28.0. The number of thiazole rings is 1. The van der Waals surface area contributed by atoms with E-state index >= 15 is 0 Å². The summed E-state index contributed by atoms with van der Waals surface area (Å²) in [7, 11) is -3.70. The van der Waals surface area contributed by atoms with E-state index in [1.165, 1.54) is 15.6 Å². The number of hydrogen-bond donors (Lipinski definition) is 1. The average molecular weight is 591 g/mol. The van der Waals surface area contributed by atoms with Crippen LogP contribution in [0.2, 0.25) is 5.02 Å². The molecule has 3 aromatic rings. The number of piperazine rings is 1. The molecule has 1 aromatic heterocycles. The predicted molar refractivity (Wildman–Crippen MR) is 151 cm³/mol. The molecule has 2 aromatic carbocycles. The van der Waals surface area contributed by atoms with Gasteiger partial charge in [0.05, 0.1) is 17.0 Å². The molecule has 0 aliphatic carbocycles. The van der Waals surface area contributed by atoms with Crippen molar-refractivity contribution in [2.75, 3.05) is 26.2 Å². The molecule has 39 heavy (non-hydrogen) atoms. The fourth-order valence-corrected chi connectivity index (χ4v) is 7.46. The number of benzene rings is 2. The van der Waals surface area contributed by atoms with Crippen LogP contribution in [0.25, 0.3) is 10.8 Å². The summed E-state index contributed by atoms with van der Waals surface area (Å²) in [5.74, 6) is -0.464. The predicted octanol–water partition coefficient (Wildman–Crippen LogP) is 3.84. The molecular weight excluding hydrogens is 560 g/mol. The summed E-state index contributed by atoms with van der Waals surface area (Å²) in [6.07, 6.45) is 0.779. The monoisotopic (exact) mass is 590 g/mol. The molecule has 208 valence electrons. The maximum atomic E-state index is 13.3. The van der Waals surface area contributed by atoms with E-state index in [0.29, 0.717) is 23.0 Å². The topological polar surface area (TPSA) is 109 Å². The third kappa shape index (κ3) is 6.28. The zero-order valence-electron chi connectivity index (χ0n) is 22.1. The van der Waals surface area contributed by atoms with Crippen LogP contribution in [0, 0.1) is 0 Å². The van der Waals surface area contributed by atoms with E-state index < -0.39 is 15.6 Å². The van der Waals surface area contributed by atoms with Crippen LogP contribution in [-0.2, 0) is 32.5 Å². The van der Waals surface area contributed by atoms with Crippen LogP contribution in [0.3, 0.4) is 0 Å². The number of aromatic nitrogens is 1. The zero-order valence-corrected chi connectivity index (χ0v) is 24.5. The number of halogens is 1. The minimum Gasteiger partial charge on any atom is -0.460 e. The number of carbonyl (C=O) groups is 2. The lowest BCUT2D eigenvalue weighted by Gasteiger charge is -2.33. The molecule has 5 rings (SSSR count). The lowest BCUT2D eigenvalue weighted by Crippen LogP contribution is -2.50. The van der Waals surface area contributed by atoms with Crippen molar-refractivity contribution in [1.82, 2.24) is 19.5 Å². The highest BCUT2D eigenvalue weighted by Gasteiger charge is 2.33. The standard InChI is InChI=1S/C27H31ClN4O5S2/c1-27(2,3)37-24(33)15-20-14-22-23(16-29-20)38-25(30-22)26(34)31-8-10-32(11-9-31)39(35,36)21-7-5-17-12-19(28)6-4-18(17)13-21/h4-7,12-13,20,29H,8-11,14-16H2,1-3H3. The quantitative estimate of drug-likeness (QED) is 0.450. The molecule has 0 spiro atoms. The van der Waals surface area contributed by atoms with Crippen molar-refractivity contribution in [2.45, 2.75) is 56.7 Å². The summed E-state index contributed by atoms with van der Waals surface area (Å²) in [5.41, 5.74) is 0.291. The van der Waals surface area contributed by atoms with E-state index in [9.17, 15) is 18.0 Å². The highest BCUT2D eigenvalue weighted by atomic mass is 35.5. The fourth-order valence-electron chi connectivity index (χ4n) is 4.81. The molecule has 1 saturated heterocycles. The first-order valence-electron chi connectivity index (χ1n) is 12.8. The molecule has 0 saturated carbocycles. The Morgan fingerprint density at radius 1 is 1.10 bits per heavy atom. The maximum Gasteiger partial charge on any atom is 0.307 e. The van der Waals surface area contributed by atoms with Crippen molar-refractivity contribution in [1.29, 1.82) is 0 Å². The molecule has 12 heteroatoms. The Morgan fingerprint density at radius 3 is 2.51 bits per heavy atom. The molecule has 1 unspecified atom stereocenters. The van der Waals surface area contributed by atoms with Gasteiger partial charge < -0.3 is 15.0 Å². The number of amides is 1. The molecular formula is C27H31ClN4O5S2. The number of rotatable bonds is 5. The first-order valence-corrected chi connectivity index (χ1v) is 15.4. The normalized spacial score (nSPS) is 18.7. The summed E-state index contributed by atoms with van der Waals surface area (Å²) in [6, 6.07) is 10.2. The number of hydrogen-bond acceptors (Lipinski definition) is 8. The van der Waals surface area contributed by atoms with Crippen molar-refractivity contribution in [2.24, 2.45) is 0 Å². The molecule has 1 atom stereocenters. The second kappa shape index (κ2) is 10.8. The Bertz CT molecular complexity index is 1520. The van der Waals surface area contributed by atoms with Gasteiger partial charge in [-0.05, 0) is 55.8 Å². The number of nitrogens with zero attached hydrogens (tertiary/aromatic N) is 3. The zero-order chi connectivity index (χ0) is 27.9. The third-order valence-electron chi connectivity index (χ3n) is 6.72. The van der Waals surface area contributed by atoms with Gasteiger partial charge in [0.2, 0.25) is 10.0 Å².